The van der Waals surface area contributed by atoms with E-state index < -0.39 is 54.9 Å². The molecule has 41 heavy (non-hydrogen) atoms. The number of ether oxygens (including phenoxy) is 5. The first-order chi connectivity index (χ1) is 19.8. The molecule has 3 aromatic carbocycles. The van der Waals surface area contributed by atoms with Crippen LogP contribution in [0, 0.1) is 0 Å². The number of carbonyl (C=O) groups is 2. The Balaban J connectivity index is 1.45. The Kier molecular flexibility index (Phi) is 8.99. The van der Waals surface area contributed by atoms with Gasteiger partial charge in [-0.15, -0.1) is 0 Å². The maximum atomic E-state index is 13.7. The summed E-state index contributed by atoms with van der Waals surface area (Å²) in [5.41, 5.74) is 2.56. The van der Waals surface area contributed by atoms with Crippen molar-refractivity contribution in [1.29, 1.82) is 0 Å². The molecule has 0 aromatic heterocycles. The number of carbonyl (C=O) groups excluding carboxylic acids is 1. The van der Waals surface area contributed by atoms with Crippen LogP contribution in [-0.2, 0) is 48.2 Å². The number of carboxylic acid groups (broad SMARTS) is 1. The van der Waals surface area contributed by atoms with Gasteiger partial charge in [-0.05, 0) is 30.5 Å². The van der Waals surface area contributed by atoms with Gasteiger partial charge in [-0.3, -0.25) is 9.69 Å². The topological polar surface area (TPSA) is 104 Å². The van der Waals surface area contributed by atoms with Gasteiger partial charge < -0.3 is 28.8 Å². The number of carboxylic acids is 1. The zero-order valence-electron chi connectivity index (χ0n) is 23.1. The molecular weight excluding hydrogens is 526 g/mol. The fraction of sp³-hybridized carbons (Fsp3) is 0.375. The number of hydrogen-bond acceptors (Lipinski definition) is 7. The molecule has 0 unspecified atom stereocenters. The number of benzene rings is 3. The van der Waals surface area contributed by atoms with Crippen molar-refractivity contribution in [3.8, 4) is 0 Å². The van der Waals surface area contributed by atoms with Crippen LogP contribution in [0.2, 0.25) is 0 Å². The number of aliphatic carboxylic acids is 1. The molecule has 3 aromatic rings. The van der Waals surface area contributed by atoms with Crippen molar-refractivity contribution in [3.05, 3.63) is 108 Å². The van der Waals surface area contributed by atoms with Crippen LogP contribution in [0.1, 0.15) is 37.0 Å². The molecular formula is C32H35NO8. The van der Waals surface area contributed by atoms with Crippen molar-refractivity contribution in [3.63, 3.8) is 0 Å². The van der Waals surface area contributed by atoms with Crippen LogP contribution >= 0.6 is 0 Å². The summed E-state index contributed by atoms with van der Waals surface area (Å²) in [5, 5.41) is 9.99. The minimum absolute atomic E-state index is 0.0376. The van der Waals surface area contributed by atoms with Gasteiger partial charge in [0, 0.05) is 6.54 Å². The monoisotopic (exact) mass is 561 g/mol. The standard InChI is InChI=1S/C32H35NO8/c1-32(2)40-29-28(37-20-23-14-8-4-9-15-23)27(39-30(29)41-32)25(18-26(34)35)33(19-22-12-6-3-7-13-22)31(36)38-21-24-16-10-5-11-17-24/h3-17,25,27-30H,18-21H2,1-2H3,(H,34,35)/t25-,27+,28-,29+,30+/m0/s1. The maximum Gasteiger partial charge on any atom is 0.410 e. The third kappa shape index (κ3) is 7.31. The Morgan fingerprint density at radius 1 is 0.854 bits per heavy atom. The molecule has 0 radical (unpaired) electrons. The van der Waals surface area contributed by atoms with Gasteiger partial charge in [-0.25, -0.2) is 4.79 Å². The second kappa shape index (κ2) is 12.8. The SMILES string of the molecule is CC1(C)O[C@H]2O[C@H]([C@H](CC(=O)O)N(Cc3ccccc3)C(=O)OCc3ccccc3)[C@H](OCc3ccccc3)[C@H]2O1. The second-order valence-electron chi connectivity index (χ2n) is 10.6. The molecule has 1 amide bonds. The Bertz CT molecular complexity index is 1290. The van der Waals surface area contributed by atoms with E-state index in [1.165, 1.54) is 4.90 Å². The molecule has 0 saturated carbocycles. The average molecular weight is 562 g/mol. The predicted octanol–water partition coefficient (Wildman–Crippen LogP) is 5.13. The Morgan fingerprint density at radius 3 is 2.00 bits per heavy atom. The number of hydrogen-bond donors (Lipinski definition) is 1. The summed E-state index contributed by atoms with van der Waals surface area (Å²) in [6.45, 7) is 3.97. The van der Waals surface area contributed by atoms with Gasteiger partial charge in [0.15, 0.2) is 12.1 Å². The van der Waals surface area contributed by atoms with Gasteiger partial charge in [0.1, 0.15) is 24.9 Å². The van der Waals surface area contributed by atoms with E-state index in [1.54, 1.807) is 13.8 Å². The summed E-state index contributed by atoms with van der Waals surface area (Å²) in [4.78, 5) is 27.3. The van der Waals surface area contributed by atoms with E-state index in [0.29, 0.717) is 0 Å². The van der Waals surface area contributed by atoms with Crippen molar-refractivity contribution >= 4 is 12.1 Å². The first-order valence-electron chi connectivity index (χ1n) is 13.7. The van der Waals surface area contributed by atoms with Crippen molar-refractivity contribution in [1.82, 2.24) is 4.90 Å². The summed E-state index contributed by atoms with van der Waals surface area (Å²) < 4.78 is 30.6. The molecule has 2 fully saturated rings. The predicted molar refractivity (Wildman–Crippen MR) is 148 cm³/mol. The zero-order chi connectivity index (χ0) is 28.8. The van der Waals surface area contributed by atoms with E-state index in [2.05, 4.69) is 0 Å². The van der Waals surface area contributed by atoms with E-state index in [1.807, 2.05) is 91.0 Å². The van der Waals surface area contributed by atoms with E-state index in [4.69, 9.17) is 23.7 Å². The minimum atomic E-state index is -1.09. The molecule has 1 N–H and O–H groups in total. The Morgan fingerprint density at radius 2 is 1.41 bits per heavy atom. The van der Waals surface area contributed by atoms with Crippen molar-refractivity contribution in [2.75, 3.05) is 0 Å². The first kappa shape index (κ1) is 28.8. The second-order valence-corrected chi connectivity index (χ2v) is 10.6. The van der Waals surface area contributed by atoms with Crippen molar-refractivity contribution in [2.24, 2.45) is 0 Å². The molecule has 5 atom stereocenters. The van der Waals surface area contributed by atoms with Crippen molar-refractivity contribution in [2.45, 2.75) is 76.5 Å². The molecule has 2 saturated heterocycles. The van der Waals surface area contributed by atoms with E-state index in [-0.39, 0.29) is 19.8 Å². The van der Waals surface area contributed by atoms with Crippen LogP contribution in [0.3, 0.4) is 0 Å². The highest BCUT2D eigenvalue weighted by molar-refractivity contribution is 5.72. The Hall–Kier alpha value is -3.76. The number of rotatable bonds is 11. The molecule has 5 rings (SSSR count). The largest absolute Gasteiger partial charge is 0.481 e. The lowest BCUT2D eigenvalue weighted by Gasteiger charge is -2.37. The number of nitrogens with zero attached hydrogens (tertiary/aromatic N) is 1. The fourth-order valence-corrected chi connectivity index (χ4v) is 5.25. The van der Waals surface area contributed by atoms with Crippen LogP contribution in [-0.4, -0.2) is 58.5 Å². The molecule has 9 heteroatoms. The quantitative estimate of drug-likeness (QED) is 0.344. The number of amides is 1. The molecule has 216 valence electrons. The van der Waals surface area contributed by atoms with Gasteiger partial charge in [-0.2, -0.15) is 0 Å². The van der Waals surface area contributed by atoms with E-state index in [9.17, 15) is 14.7 Å². The van der Waals surface area contributed by atoms with Crippen molar-refractivity contribution < 1.29 is 38.4 Å². The van der Waals surface area contributed by atoms with Gasteiger partial charge in [0.05, 0.1) is 19.1 Å². The normalized spacial score (nSPS) is 23.5. The minimum Gasteiger partial charge on any atom is -0.481 e. The summed E-state index contributed by atoms with van der Waals surface area (Å²) in [7, 11) is 0. The molecule has 0 bridgehead atoms. The molecule has 2 heterocycles. The van der Waals surface area contributed by atoms with Crippen LogP contribution in [0.4, 0.5) is 4.79 Å². The van der Waals surface area contributed by atoms with Gasteiger partial charge >= 0.3 is 12.1 Å². The third-order valence-corrected chi connectivity index (χ3v) is 7.11. The maximum absolute atomic E-state index is 13.7. The third-order valence-electron chi connectivity index (χ3n) is 7.11. The lowest BCUT2D eigenvalue weighted by atomic mass is 9.98. The molecule has 9 nitrogen and oxygen atoms in total. The molecule has 0 aliphatic carbocycles. The summed E-state index contributed by atoms with van der Waals surface area (Å²) >= 11 is 0. The molecule has 0 spiro atoms. The zero-order valence-corrected chi connectivity index (χ0v) is 23.1. The van der Waals surface area contributed by atoms with Gasteiger partial charge in [0.2, 0.25) is 0 Å². The van der Waals surface area contributed by atoms with Crippen LogP contribution in [0.25, 0.3) is 0 Å². The first-order valence-corrected chi connectivity index (χ1v) is 13.7. The van der Waals surface area contributed by atoms with Gasteiger partial charge in [-0.1, -0.05) is 91.0 Å². The fourth-order valence-electron chi connectivity index (χ4n) is 5.25. The average Bonchev–Trinajstić information content (AvgIpc) is 3.45. The van der Waals surface area contributed by atoms with Crippen LogP contribution in [0.5, 0.6) is 0 Å². The summed E-state index contributed by atoms with van der Waals surface area (Å²) in [6, 6.07) is 27.3. The number of fused-ring (bicyclic) bond motifs is 1. The smallest absolute Gasteiger partial charge is 0.410 e. The highest BCUT2D eigenvalue weighted by Gasteiger charge is 2.58. The summed E-state index contributed by atoms with van der Waals surface area (Å²) in [5.74, 6) is -2.00. The van der Waals surface area contributed by atoms with E-state index in [0.717, 1.165) is 16.7 Å². The lowest BCUT2D eigenvalue weighted by Crippen LogP contribution is -2.53. The van der Waals surface area contributed by atoms with Crippen LogP contribution in [0.15, 0.2) is 91.0 Å². The Labute approximate surface area is 239 Å². The molecule has 2 aliphatic heterocycles. The highest BCUT2D eigenvalue weighted by atomic mass is 16.8. The molecule has 2 aliphatic rings. The van der Waals surface area contributed by atoms with Gasteiger partial charge in [0.25, 0.3) is 0 Å². The summed E-state index contributed by atoms with van der Waals surface area (Å²) in [6.07, 6.45) is -4.04. The van der Waals surface area contributed by atoms with Crippen LogP contribution < -0.4 is 0 Å². The highest BCUT2D eigenvalue weighted by Crippen LogP contribution is 2.41. The van der Waals surface area contributed by atoms with E-state index >= 15 is 0 Å². The lowest BCUT2D eigenvalue weighted by molar-refractivity contribution is -0.226.